The Labute approximate surface area is 165 Å². The average Bonchev–Trinajstić information content (AvgIpc) is 2.71. The van der Waals surface area contributed by atoms with Crippen LogP contribution < -0.4 is 10.6 Å². The maximum Gasteiger partial charge on any atom is 0.243 e. The van der Waals surface area contributed by atoms with Crippen LogP contribution in [-0.4, -0.2) is 42.3 Å². The van der Waals surface area contributed by atoms with Crippen molar-refractivity contribution in [1.82, 2.24) is 10.2 Å². The maximum absolute atomic E-state index is 12.5. The van der Waals surface area contributed by atoms with Crippen molar-refractivity contribution in [2.45, 2.75) is 26.2 Å². The van der Waals surface area contributed by atoms with Gasteiger partial charge in [0.15, 0.2) is 0 Å². The minimum Gasteiger partial charge on any atom is -0.345 e. The molecule has 0 fully saturated rings. The normalized spacial score (nSPS) is 10.2. The second-order valence-electron chi connectivity index (χ2n) is 6.49. The molecule has 6 nitrogen and oxygen atoms in total. The van der Waals surface area contributed by atoms with Gasteiger partial charge in [0.1, 0.15) is 0 Å². The fourth-order valence-electron chi connectivity index (χ4n) is 2.75. The molecule has 0 atom stereocenters. The Morgan fingerprint density at radius 3 is 2.18 bits per heavy atom. The van der Waals surface area contributed by atoms with Crippen molar-refractivity contribution in [1.29, 1.82) is 0 Å². The number of nitrogens with zero attached hydrogens (tertiary/aromatic N) is 1. The van der Waals surface area contributed by atoms with Crippen molar-refractivity contribution in [2.75, 3.05) is 25.0 Å². The molecular weight excluding hydrogens is 354 g/mol. The van der Waals surface area contributed by atoms with Crippen molar-refractivity contribution in [2.24, 2.45) is 0 Å². The van der Waals surface area contributed by atoms with E-state index < -0.39 is 0 Å². The predicted molar refractivity (Wildman–Crippen MR) is 110 cm³/mol. The maximum atomic E-state index is 12.5. The Morgan fingerprint density at radius 1 is 0.893 bits per heavy atom. The van der Waals surface area contributed by atoms with Gasteiger partial charge in [-0.15, -0.1) is 0 Å². The van der Waals surface area contributed by atoms with Gasteiger partial charge in [0.2, 0.25) is 17.7 Å². The molecule has 0 bridgehead atoms. The van der Waals surface area contributed by atoms with Crippen LogP contribution in [0, 0.1) is 0 Å². The molecule has 0 spiro atoms. The van der Waals surface area contributed by atoms with E-state index in [9.17, 15) is 14.4 Å². The number of hydrogen-bond donors (Lipinski definition) is 2. The van der Waals surface area contributed by atoms with Gasteiger partial charge in [-0.3, -0.25) is 14.4 Å². The molecule has 0 saturated heterocycles. The van der Waals surface area contributed by atoms with Gasteiger partial charge in [-0.1, -0.05) is 55.5 Å². The van der Waals surface area contributed by atoms with Gasteiger partial charge in [-0.2, -0.15) is 0 Å². The zero-order valence-corrected chi connectivity index (χ0v) is 16.2. The lowest BCUT2D eigenvalue weighted by atomic mass is 10.1. The number of anilines is 1. The first-order valence-corrected chi connectivity index (χ1v) is 9.51. The van der Waals surface area contributed by atoms with Crippen molar-refractivity contribution in [3.05, 3.63) is 66.2 Å². The SMILES string of the molecule is CCCN(CC(=O)NCC(=O)Nc1ccccc1)C(=O)CCc1ccccc1. The number of benzene rings is 2. The highest BCUT2D eigenvalue weighted by molar-refractivity contribution is 5.95. The number of rotatable bonds is 10. The Balaban J connectivity index is 1.77. The van der Waals surface area contributed by atoms with Crippen LogP contribution in [0.1, 0.15) is 25.3 Å². The molecule has 0 unspecified atom stereocenters. The quantitative estimate of drug-likeness (QED) is 0.664. The Bertz CT molecular complexity index is 763. The van der Waals surface area contributed by atoms with Crippen LogP contribution in [0.5, 0.6) is 0 Å². The van der Waals surface area contributed by atoms with Crippen LogP contribution in [0.25, 0.3) is 0 Å². The first-order valence-electron chi connectivity index (χ1n) is 9.51. The summed E-state index contributed by atoms with van der Waals surface area (Å²) in [4.78, 5) is 38.1. The number of hydrogen-bond acceptors (Lipinski definition) is 3. The van der Waals surface area contributed by atoms with Gasteiger partial charge >= 0.3 is 0 Å². The monoisotopic (exact) mass is 381 g/mol. The third kappa shape index (κ3) is 7.61. The number of para-hydroxylation sites is 1. The van der Waals surface area contributed by atoms with E-state index in [1.807, 2.05) is 55.5 Å². The fourth-order valence-corrected chi connectivity index (χ4v) is 2.75. The van der Waals surface area contributed by atoms with Gasteiger partial charge in [-0.05, 0) is 30.5 Å². The fraction of sp³-hybridized carbons (Fsp3) is 0.318. The van der Waals surface area contributed by atoms with E-state index in [2.05, 4.69) is 10.6 Å². The molecule has 6 heteroatoms. The lowest BCUT2D eigenvalue weighted by molar-refractivity contribution is -0.136. The molecule has 28 heavy (non-hydrogen) atoms. The number of nitrogens with one attached hydrogen (secondary N) is 2. The van der Waals surface area contributed by atoms with E-state index in [1.165, 1.54) is 0 Å². The largest absolute Gasteiger partial charge is 0.345 e. The highest BCUT2D eigenvalue weighted by Crippen LogP contribution is 2.06. The summed E-state index contributed by atoms with van der Waals surface area (Å²) >= 11 is 0. The van der Waals surface area contributed by atoms with Crippen LogP contribution in [0.3, 0.4) is 0 Å². The van der Waals surface area contributed by atoms with Gasteiger partial charge < -0.3 is 15.5 Å². The second-order valence-corrected chi connectivity index (χ2v) is 6.49. The predicted octanol–water partition coefficient (Wildman–Crippen LogP) is 2.61. The van der Waals surface area contributed by atoms with Crippen LogP contribution >= 0.6 is 0 Å². The molecular formula is C22H27N3O3. The smallest absolute Gasteiger partial charge is 0.243 e. The molecule has 2 rings (SSSR count). The zero-order chi connectivity index (χ0) is 20.2. The lowest BCUT2D eigenvalue weighted by Gasteiger charge is -2.21. The van der Waals surface area contributed by atoms with Gasteiger partial charge in [0.25, 0.3) is 0 Å². The van der Waals surface area contributed by atoms with Crippen LogP contribution in [-0.2, 0) is 20.8 Å². The van der Waals surface area contributed by atoms with Crippen LogP contribution in [0.4, 0.5) is 5.69 Å². The minimum atomic E-state index is -0.343. The van der Waals surface area contributed by atoms with Crippen LogP contribution in [0.15, 0.2) is 60.7 Å². The molecule has 3 amide bonds. The highest BCUT2D eigenvalue weighted by atomic mass is 16.2. The van der Waals surface area contributed by atoms with Crippen LogP contribution in [0.2, 0.25) is 0 Å². The summed E-state index contributed by atoms with van der Waals surface area (Å²) in [6, 6.07) is 18.8. The molecule has 0 aliphatic rings. The lowest BCUT2D eigenvalue weighted by Crippen LogP contribution is -2.43. The van der Waals surface area contributed by atoms with Gasteiger partial charge in [0.05, 0.1) is 13.1 Å². The summed E-state index contributed by atoms with van der Waals surface area (Å²) in [5.41, 5.74) is 1.76. The number of aryl methyl sites for hydroxylation is 1. The first-order chi connectivity index (χ1) is 13.6. The molecule has 0 aliphatic carbocycles. The number of amides is 3. The minimum absolute atomic E-state index is 0.0416. The summed E-state index contributed by atoms with van der Waals surface area (Å²) < 4.78 is 0. The summed E-state index contributed by atoms with van der Waals surface area (Å²) in [6.45, 7) is 2.30. The summed E-state index contributed by atoms with van der Waals surface area (Å²) in [5, 5.41) is 5.28. The van der Waals surface area contributed by atoms with Gasteiger partial charge in [-0.25, -0.2) is 0 Å². The summed E-state index contributed by atoms with van der Waals surface area (Å²) in [6.07, 6.45) is 1.76. The summed E-state index contributed by atoms with van der Waals surface area (Å²) in [5.74, 6) is -0.712. The first kappa shape index (κ1) is 21.2. The second kappa shape index (κ2) is 11.5. The standard InChI is InChI=1S/C22H27N3O3/c1-2-15-25(22(28)14-13-18-9-5-3-6-10-18)17-21(27)23-16-20(26)24-19-11-7-4-8-12-19/h3-12H,2,13-17H2,1H3,(H,23,27)(H,24,26). The van der Waals surface area contributed by atoms with Crippen molar-refractivity contribution in [3.63, 3.8) is 0 Å². The Morgan fingerprint density at radius 2 is 1.54 bits per heavy atom. The molecule has 0 heterocycles. The molecule has 0 aromatic heterocycles. The molecule has 2 N–H and O–H groups in total. The third-order valence-electron chi connectivity index (χ3n) is 4.15. The van der Waals surface area contributed by atoms with Gasteiger partial charge in [0, 0.05) is 18.7 Å². The van der Waals surface area contributed by atoms with E-state index >= 15 is 0 Å². The van der Waals surface area contributed by atoms with E-state index in [0.29, 0.717) is 25.1 Å². The molecule has 0 radical (unpaired) electrons. The van der Waals surface area contributed by atoms with E-state index in [4.69, 9.17) is 0 Å². The molecule has 148 valence electrons. The molecule has 2 aromatic rings. The molecule has 0 saturated carbocycles. The molecule has 0 aliphatic heterocycles. The molecule has 2 aromatic carbocycles. The number of carbonyl (C=O) groups is 3. The van der Waals surface area contributed by atoms with Crippen molar-refractivity contribution < 1.29 is 14.4 Å². The Kier molecular flexibility index (Phi) is 8.72. The van der Waals surface area contributed by atoms with E-state index in [-0.39, 0.29) is 30.8 Å². The van der Waals surface area contributed by atoms with Crippen molar-refractivity contribution in [3.8, 4) is 0 Å². The Hall–Kier alpha value is -3.15. The van der Waals surface area contributed by atoms with Crippen molar-refractivity contribution >= 4 is 23.4 Å². The zero-order valence-electron chi connectivity index (χ0n) is 16.2. The van der Waals surface area contributed by atoms with E-state index in [1.54, 1.807) is 17.0 Å². The average molecular weight is 381 g/mol. The summed E-state index contributed by atoms with van der Waals surface area (Å²) in [7, 11) is 0. The third-order valence-corrected chi connectivity index (χ3v) is 4.15. The van der Waals surface area contributed by atoms with E-state index in [0.717, 1.165) is 12.0 Å². The number of carbonyl (C=O) groups excluding carboxylic acids is 3. The topological polar surface area (TPSA) is 78.5 Å². The highest BCUT2D eigenvalue weighted by Gasteiger charge is 2.17.